The molecule has 0 saturated heterocycles. The third-order valence-corrected chi connectivity index (χ3v) is 1.85. The van der Waals surface area contributed by atoms with E-state index in [0.29, 0.717) is 0 Å². The number of hydrogen-bond donors (Lipinski definition) is 1. The minimum absolute atomic E-state index is 0.0414. The van der Waals surface area contributed by atoms with Crippen molar-refractivity contribution in [2.75, 3.05) is 11.9 Å². The Morgan fingerprint density at radius 1 is 1.41 bits per heavy atom. The molecule has 0 aromatic heterocycles. The van der Waals surface area contributed by atoms with Gasteiger partial charge in [0.05, 0.1) is 10.7 Å². The summed E-state index contributed by atoms with van der Waals surface area (Å²) in [5, 5.41) is 1.81. The molecule has 1 N–H and O–H groups in total. The van der Waals surface area contributed by atoms with Gasteiger partial charge in [0.15, 0.2) is 6.61 Å². The van der Waals surface area contributed by atoms with Gasteiger partial charge in [0, 0.05) is 0 Å². The molecule has 0 unspecified atom stereocenters. The van der Waals surface area contributed by atoms with Crippen LogP contribution < -0.4 is 5.32 Å². The Labute approximate surface area is 98.3 Å². The van der Waals surface area contributed by atoms with Gasteiger partial charge in [-0.05, 0) is 18.2 Å². The van der Waals surface area contributed by atoms with Gasteiger partial charge in [-0.3, -0.25) is 5.32 Å². The van der Waals surface area contributed by atoms with Crippen LogP contribution in [0.25, 0.3) is 0 Å². The van der Waals surface area contributed by atoms with Crippen LogP contribution in [0.1, 0.15) is 0 Å². The molecule has 0 aliphatic carbocycles. The lowest BCUT2D eigenvalue weighted by Crippen LogP contribution is -2.23. The Morgan fingerprint density at radius 3 is 2.59 bits per heavy atom. The summed E-state index contributed by atoms with van der Waals surface area (Å²) in [7, 11) is 0. The van der Waals surface area contributed by atoms with Crippen molar-refractivity contribution < 1.29 is 27.1 Å². The standard InChI is InChI=1S/C9H6ClF4NO2/c10-6-3-5(11)1-2-7(6)15-8(16)17-4-9(12,13)14/h1-3H,4H2,(H,15,16). The molecule has 1 aromatic rings. The number of amides is 1. The molecule has 1 amide bonds. The average molecular weight is 272 g/mol. The quantitative estimate of drug-likeness (QED) is 0.835. The largest absolute Gasteiger partial charge is 0.440 e. The number of rotatable bonds is 2. The fourth-order valence-electron chi connectivity index (χ4n) is 0.884. The van der Waals surface area contributed by atoms with Crippen LogP contribution in [0, 0.1) is 5.82 Å². The van der Waals surface area contributed by atoms with Crippen LogP contribution in [0.2, 0.25) is 5.02 Å². The Morgan fingerprint density at radius 2 is 2.06 bits per heavy atom. The topological polar surface area (TPSA) is 38.3 Å². The number of carbonyl (C=O) groups excluding carboxylic acids is 1. The molecule has 0 aliphatic rings. The zero-order valence-electron chi connectivity index (χ0n) is 8.15. The van der Waals surface area contributed by atoms with Crippen LogP contribution in [-0.4, -0.2) is 18.9 Å². The summed E-state index contributed by atoms with van der Waals surface area (Å²) in [6.45, 7) is -1.71. The highest BCUT2D eigenvalue weighted by Crippen LogP contribution is 2.22. The SMILES string of the molecule is O=C(Nc1ccc(F)cc1Cl)OCC(F)(F)F. The monoisotopic (exact) mass is 271 g/mol. The Bertz CT molecular complexity index is 422. The van der Waals surface area contributed by atoms with Crippen molar-refractivity contribution in [2.24, 2.45) is 0 Å². The second-order valence-corrected chi connectivity index (χ2v) is 3.35. The average Bonchev–Trinajstić information content (AvgIpc) is 2.18. The third-order valence-electron chi connectivity index (χ3n) is 1.53. The molecule has 0 saturated carbocycles. The molecule has 0 radical (unpaired) electrons. The summed E-state index contributed by atoms with van der Waals surface area (Å²) < 4.78 is 51.6. The second kappa shape index (κ2) is 5.22. The van der Waals surface area contributed by atoms with Crippen LogP contribution in [0.3, 0.4) is 0 Å². The van der Waals surface area contributed by atoms with Crippen LogP contribution in [0.15, 0.2) is 18.2 Å². The molecule has 1 aromatic carbocycles. The smallest absolute Gasteiger partial charge is 0.422 e. The molecule has 3 nitrogen and oxygen atoms in total. The van der Waals surface area contributed by atoms with Gasteiger partial charge >= 0.3 is 12.3 Å². The fraction of sp³-hybridized carbons (Fsp3) is 0.222. The molecule has 0 fully saturated rings. The van der Waals surface area contributed by atoms with Crippen LogP contribution in [0.4, 0.5) is 28.0 Å². The lowest BCUT2D eigenvalue weighted by molar-refractivity contribution is -0.159. The van der Waals surface area contributed by atoms with Crippen molar-refractivity contribution in [3.63, 3.8) is 0 Å². The first-order chi connectivity index (χ1) is 7.78. The number of halogens is 5. The number of nitrogens with one attached hydrogen (secondary N) is 1. The third kappa shape index (κ3) is 4.90. The van der Waals surface area contributed by atoms with E-state index in [1.165, 1.54) is 0 Å². The summed E-state index contributed by atoms with van der Waals surface area (Å²) in [6.07, 6.45) is -5.93. The predicted octanol–water partition coefficient (Wildman–Crippen LogP) is 3.59. The minimum Gasteiger partial charge on any atom is -0.440 e. The predicted molar refractivity (Wildman–Crippen MR) is 52.4 cm³/mol. The first kappa shape index (κ1) is 13.6. The highest BCUT2D eigenvalue weighted by molar-refractivity contribution is 6.33. The number of alkyl halides is 3. The highest BCUT2D eigenvalue weighted by atomic mass is 35.5. The minimum atomic E-state index is -4.61. The van der Waals surface area contributed by atoms with Crippen LogP contribution in [-0.2, 0) is 4.74 Å². The number of ether oxygens (including phenoxy) is 1. The molecule has 0 spiro atoms. The van der Waals surface area contributed by atoms with Gasteiger partial charge in [0.2, 0.25) is 0 Å². The molecule has 94 valence electrons. The van der Waals surface area contributed by atoms with E-state index < -0.39 is 24.7 Å². The van der Waals surface area contributed by atoms with Crippen molar-refractivity contribution in [1.29, 1.82) is 0 Å². The van der Waals surface area contributed by atoms with Gasteiger partial charge in [-0.15, -0.1) is 0 Å². The van der Waals surface area contributed by atoms with E-state index in [0.717, 1.165) is 18.2 Å². The van der Waals surface area contributed by atoms with E-state index in [9.17, 15) is 22.4 Å². The molecule has 0 heterocycles. The molecule has 8 heteroatoms. The summed E-state index contributed by atoms with van der Waals surface area (Å²) in [4.78, 5) is 10.9. The van der Waals surface area contributed by atoms with E-state index in [1.807, 2.05) is 5.32 Å². The molecule has 1 rings (SSSR count). The van der Waals surface area contributed by atoms with Crippen LogP contribution >= 0.6 is 11.6 Å². The molecule has 17 heavy (non-hydrogen) atoms. The first-order valence-electron chi connectivity index (χ1n) is 4.23. The van der Waals surface area contributed by atoms with Gasteiger partial charge in [-0.1, -0.05) is 11.6 Å². The molecular formula is C9H6ClF4NO2. The zero-order chi connectivity index (χ0) is 13.1. The zero-order valence-corrected chi connectivity index (χ0v) is 8.90. The van der Waals surface area contributed by atoms with Crippen molar-refractivity contribution in [2.45, 2.75) is 6.18 Å². The summed E-state index contributed by atoms with van der Waals surface area (Å²) in [5.74, 6) is -0.635. The second-order valence-electron chi connectivity index (χ2n) is 2.94. The molecule has 0 atom stereocenters. The van der Waals surface area contributed by atoms with E-state index in [2.05, 4.69) is 4.74 Å². The van der Waals surface area contributed by atoms with Gasteiger partial charge in [0.1, 0.15) is 5.82 Å². The summed E-state index contributed by atoms with van der Waals surface area (Å²) in [5.41, 5.74) is -0.0414. The van der Waals surface area contributed by atoms with Crippen LogP contribution in [0.5, 0.6) is 0 Å². The maximum absolute atomic E-state index is 12.6. The lowest BCUT2D eigenvalue weighted by atomic mass is 10.3. The van der Waals surface area contributed by atoms with Crippen molar-refractivity contribution in [3.8, 4) is 0 Å². The fourth-order valence-corrected chi connectivity index (χ4v) is 1.10. The number of carbonyl (C=O) groups is 1. The molecule has 0 aliphatic heterocycles. The lowest BCUT2D eigenvalue weighted by Gasteiger charge is -2.09. The van der Waals surface area contributed by atoms with E-state index >= 15 is 0 Å². The number of anilines is 1. The van der Waals surface area contributed by atoms with Crippen molar-refractivity contribution in [3.05, 3.63) is 29.0 Å². The van der Waals surface area contributed by atoms with Gasteiger partial charge < -0.3 is 4.74 Å². The summed E-state index contributed by atoms with van der Waals surface area (Å²) in [6, 6.07) is 3.00. The van der Waals surface area contributed by atoms with Gasteiger partial charge in [0.25, 0.3) is 0 Å². The van der Waals surface area contributed by atoms with E-state index in [-0.39, 0.29) is 10.7 Å². The Balaban J connectivity index is 2.57. The van der Waals surface area contributed by atoms with Crippen molar-refractivity contribution >= 4 is 23.4 Å². The Kier molecular flexibility index (Phi) is 4.17. The maximum Gasteiger partial charge on any atom is 0.422 e. The number of hydrogen-bond acceptors (Lipinski definition) is 2. The molecule has 0 bridgehead atoms. The van der Waals surface area contributed by atoms with Gasteiger partial charge in [-0.2, -0.15) is 13.2 Å². The van der Waals surface area contributed by atoms with Gasteiger partial charge in [-0.25, -0.2) is 9.18 Å². The molecular weight excluding hydrogens is 266 g/mol. The van der Waals surface area contributed by atoms with E-state index in [1.54, 1.807) is 0 Å². The number of benzene rings is 1. The normalized spacial score (nSPS) is 11.1. The van der Waals surface area contributed by atoms with E-state index in [4.69, 9.17) is 11.6 Å². The van der Waals surface area contributed by atoms with Crippen molar-refractivity contribution in [1.82, 2.24) is 0 Å². The Hall–Kier alpha value is -1.50. The maximum atomic E-state index is 12.6. The highest BCUT2D eigenvalue weighted by Gasteiger charge is 2.29. The summed E-state index contributed by atoms with van der Waals surface area (Å²) >= 11 is 5.53. The first-order valence-corrected chi connectivity index (χ1v) is 4.61.